The number of rotatable bonds is 2. The topological polar surface area (TPSA) is 65.0 Å². The average molecular weight is 196 g/mol. The average Bonchev–Trinajstić information content (AvgIpc) is 2.69. The maximum Gasteiger partial charge on any atom is 0.372 e. The smallest absolute Gasteiger partial charge is 0.372 e. The van der Waals surface area contributed by atoms with Gasteiger partial charge in [0.2, 0.25) is 0 Å². The second-order valence-corrected chi connectivity index (χ2v) is 2.75. The summed E-state index contributed by atoms with van der Waals surface area (Å²) >= 11 is 0. The fraction of sp³-hybridized carbons (Fsp3) is 0.222. The van der Waals surface area contributed by atoms with E-state index in [0.29, 0.717) is 5.56 Å². The molecule has 1 N–H and O–H groups in total. The van der Waals surface area contributed by atoms with E-state index in [2.05, 4.69) is 9.78 Å². The third-order valence-electron chi connectivity index (χ3n) is 1.92. The Kier molecular flexibility index (Phi) is 2.20. The molecule has 1 aromatic carbocycles. The SMILES string of the molecule is O=C(O)C1(c2ccccc2)OCOO1. The molecule has 1 atom stereocenters. The van der Waals surface area contributed by atoms with Gasteiger partial charge in [0.25, 0.3) is 0 Å². The highest BCUT2D eigenvalue weighted by molar-refractivity contribution is 5.77. The Hall–Kier alpha value is -1.43. The van der Waals surface area contributed by atoms with Crippen LogP contribution in [-0.4, -0.2) is 17.9 Å². The van der Waals surface area contributed by atoms with E-state index in [1.165, 1.54) is 0 Å². The molecule has 0 saturated carbocycles. The summed E-state index contributed by atoms with van der Waals surface area (Å²) in [5.41, 5.74) is 0.394. The largest absolute Gasteiger partial charge is 0.477 e. The van der Waals surface area contributed by atoms with Crippen LogP contribution in [0.5, 0.6) is 0 Å². The molecule has 1 unspecified atom stereocenters. The van der Waals surface area contributed by atoms with Crippen LogP contribution in [0.2, 0.25) is 0 Å². The van der Waals surface area contributed by atoms with E-state index in [4.69, 9.17) is 9.84 Å². The molecular formula is C9H8O5. The molecule has 1 aliphatic rings. The number of carbonyl (C=O) groups is 1. The summed E-state index contributed by atoms with van der Waals surface area (Å²) in [6.45, 7) is -0.193. The number of benzene rings is 1. The lowest BCUT2D eigenvalue weighted by molar-refractivity contribution is -0.320. The molecule has 14 heavy (non-hydrogen) atoms. The van der Waals surface area contributed by atoms with Crippen LogP contribution >= 0.6 is 0 Å². The van der Waals surface area contributed by atoms with Gasteiger partial charge in [0.15, 0.2) is 6.79 Å². The van der Waals surface area contributed by atoms with Crippen LogP contribution in [0.4, 0.5) is 0 Å². The molecule has 5 nitrogen and oxygen atoms in total. The Labute approximate surface area is 79.7 Å². The first-order valence-electron chi connectivity index (χ1n) is 3.99. The Morgan fingerprint density at radius 2 is 2.07 bits per heavy atom. The first-order chi connectivity index (χ1) is 6.76. The molecule has 0 radical (unpaired) electrons. The van der Waals surface area contributed by atoms with Gasteiger partial charge < -0.3 is 9.84 Å². The van der Waals surface area contributed by atoms with E-state index in [1.807, 2.05) is 0 Å². The van der Waals surface area contributed by atoms with Gasteiger partial charge in [-0.05, 0) is 0 Å². The Morgan fingerprint density at radius 1 is 1.36 bits per heavy atom. The zero-order valence-electron chi connectivity index (χ0n) is 7.17. The maximum atomic E-state index is 11.0. The van der Waals surface area contributed by atoms with Crippen LogP contribution in [0.15, 0.2) is 30.3 Å². The van der Waals surface area contributed by atoms with Crippen molar-refractivity contribution >= 4 is 5.97 Å². The monoisotopic (exact) mass is 196 g/mol. The molecule has 0 aliphatic carbocycles. The van der Waals surface area contributed by atoms with Gasteiger partial charge in [-0.25, -0.2) is 9.68 Å². The normalized spacial score (nSPS) is 26.3. The first kappa shape index (κ1) is 9.14. The summed E-state index contributed by atoms with van der Waals surface area (Å²) in [4.78, 5) is 20.1. The second kappa shape index (κ2) is 3.38. The zero-order valence-corrected chi connectivity index (χ0v) is 7.17. The molecule has 0 spiro atoms. The molecule has 1 aliphatic heterocycles. The van der Waals surface area contributed by atoms with Crippen molar-refractivity contribution in [1.29, 1.82) is 0 Å². The standard InChI is InChI=1S/C9H8O5/c10-8(11)9(12-6-13-14-9)7-4-2-1-3-5-7/h1-5H,6H2,(H,10,11). The number of hydrogen-bond donors (Lipinski definition) is 1. The van der Waals surface area contributed by atoms with Crippen LogP contribution in [0.25, 0.3) is 0 Å². The number of aliphatic carboxylic acids is 1. The summed E-state index contributed by atoms with van der Waals surface area (Å²) < 4.78 is 4.94. The molecule has 0 amide bonds. The van der Waals surface area contributed by atoms with Crippen molar-refractivity contribution in [3.63, 3.8) is 0 Å². The molecule has 5 heteroatoms. The van der Waals surface area contributed by atoms with Crippen LogP contribution < -0.4 is 0 Å². The van der Waals surface area contributed by atoms with E-state index < -0.39 is 11.8 Å². The van der Waals surface area contributed by atoms with Gasteiger partial charge in [-0.15, -0.1) is 0 Å². The molecular weight excluding hydrogens is 188 g/mol. The zero-order chi connectivity index (χ0) is 10.0. The first-order valence-corrected chi connectivity index (χ1v) is 3.99. The summed E-state index contributed by atoms with van der Waals surface area (Å²) in [5.74, 6) is -3.05. The molecule has 74 valence electrons. The molecule has 0 aromatic heterocycles. The van der Waals surface area contributed by atoms with Gasteiger partial charge in [0, 0.05) is 5.56 Å². The molecule has 2 rings (SSSR count). The number of ether oxygens (including phenoxy) is 1. The molecule has 0 bridgehead atoms. The minimum Gasteiger partial charge on any atom is -0.477 e. The lowest BCUT2D eigenvalue weighted by atomic mass is 10.1. The van der Waals surface area contributed by atoms with E-state index >= 15 is 0 Å². The van der Waals surface area contributed by atoms with Gasteiger partial charge >= 0.3 is 11.8 Å². The summed E-state index contributed by atoms with van der Waals surface area (Å²) in [6, 6.07) is 8.37. The Morgan fingerprint density at radius 3 is 2.57 bits per heavy atom. The highest BCUT2D eigenvalue weighted by Gasteiger charge is 2.48. The van der Waals surface area contributed by atoms with Crippen molar-refractivity contribution in [2.45, 2.75) is 5.79 Å². The van der Waals surface area contributed by atoms with Gasteiger partial charge in [0.1, 0.15) is 0 Å². The van der Waals surface area contributed by atoms with E-state index in [0.717, 1.165) is 0 Å². The predicted octanol–water partition coefficient (Wildman–Crippen LogP) is 0.860. The van der Waals surface area contributed by atoms with Crippen molar-refractivity contribution < 1.29 is 24.4 Å². The van der Waals surface area contributed by atoms with Crippen molar-refractivity contribution in [3.05, 3.63) is 35.9 Å². The third kappa shape index (κ3) is 1.27. The minimum absolute atomic E-state index is 0.193. The molecule has 1 fully saturated rings. The third-order valence-corrected chi connectivity index (χ3v) is 1.92. The predicted molar refractivity (Wildman–Crippen MR) is 43.9 cm³/mol. The van der Waals surface area contributed by atoms with Crippen LogP contribution in [0.1, 0.15) is 5.56 Å². The summed E-state index contributed by atoms with van der Waals surface area (Å²) in [7, 11) is 0. The van der Waals surface area contributed by atoms with E-state index in [9.17, 15) is 4.79 Å². The lowest BCUT2D eigenvalue weighted by Crippen LogP contribution is -2.36. The quantitative estimate of drug-likeness (QED) is 0.710. The fourth-order valence-corrected chi connectivity index (χ4v) is 1.25. The van der Waals surface area contributed by atoms with Crippen molar-refractivity contribution in [1.82, 2.24) is 0 Å². The second-order valence-electron chi connectivity index (χ2n) is 2.75. The summed E-state index contributed by atoms with van der Waals surface area (Å²) in [5, 5.41) is 8.99. The minimum atomic E-state index is -1.82. The van der Waals surface area contributed by atoms with E-state index in [-0.39, 0.29) is 6.79 Å². The van der Waals surface area contributed by atoms with E-state index in [1.54, 1.807) is 30.3 Å². The van der Waals surface area contributed by atoms with Crippen LogP contribution in [0, 0.1) is 0 Å². The molecule has 1 saturated heterocycles. The van der Waals surface area contributed by atoms with Crippen LogP contribution in [-0.2, 0) is 25.1 Å². The van der Waals surface area contributed by atoms with Crippen molar-refractivity contribution in [3.8, 4) is 0 Å². The molecule has 1 aromatic rings. The van der Waals surface area contributed by atoms with Gasteiger partial charge in [0.05, 0.1) is 0 Å². The van der Waals surface area contributed by atoms with Crippen molar-refractivity contribution in [2.24, 2.45) is 0 Å². The van der Waals surface area contributed by atoms with Crippen molar-refractivity contribution in [2.75, 3.05) is 6.79 Å². The maximum absolute atomic E-state index is 11.0. The Bertz CT molecular complexity index is 328. The Balaban J connectivity index is 2.42. The lowest BCUT2D eigenvalue weighted by Gasteiger charge is -2.19. The molecule has 1 heterocycles. The number of hydrogen-bond acceptors (Lipinski definition) is 4. The fourth-order valence-electron chi connectivity index (χ4n) is 1.25. The van der Waals surface area contributed by atoms with Crippen LogP contribution in [0.3, 0.4) is 0 Å². The number of carboxylic acids is 1. The summed E-state index contributed by atoms with van der Waals surface area (Å²) in [6.07, 6.45) is 0. The van der Waals surface area contributed by atoms with Gasteiger partial charge in [-0.3, -0.25) is 0 Å². The highest BCUT2D eigenvalue weighted by atomic mass is 17.3. The van der Waals surface area contributed by atoms with Gasteiger partial charge in [-0.1, -0.05) is 30.3 Å². The highest BCUT2D eigenvalue weighted by Crippen LogP contribution is 2.32. The number of carboxylic acid groups (broad SMARTS) is 1. The van der Waals surface area contributed by atoms with Gasteiger partial charge in [-0.2, -0.15) is 4.89 Å².